The van der Waals surface area contributed by atoms with Crippen molar-refractivity contribution in [3.8, 4) is 0 Å². The highest BCUT2D eigenvalue weighted by Gasteiger charge is 2.35. The van der Waals surface area contributed by atoms with Crippen LogP contribution in [0.2, 0.25) is 0 Å². The molecule has 1 aliphatic rings. The average Bonchev–Trinajstić information content (AvgIpc) is 2.64. The van der Waals surface area contributed by atoms with Crippen molar-refractivity contribution in [1.29, 1.82) is 0 Å². The lowest BCUT2D eigenvalue weighted by atomic mass is 10.0. The predicted molar refractivity (Wildman–Crippen MR) is 67.5 cm³/mol. The van der Waals surface area contributed by atoms with Crippen molar-refractivity contribution in [3.63, 3.8) is 0 Å². The Bertz CT molecular complexity index is 398. The number of nitrogen functional groups attached to an aromatic ring is 1. The molecule has 2 rings (SSSR count). The van der Waals surface area contributed by atoms with Gasteiger partial charge in [-0.25, -0.2) is 9.97 Å². The van der Waals surface area contributed by atoms with Crippen molar-refractivity contribution in [2.75, 3.05) is 12.3 Å². The molecule has 4 nitrogen and oxygen atoms in total. The molecular formula is C13H21N3O. The quantitative estimate of drug-likeness (QED) is 0.873. The molecule has 1 fully saturated rings. The lowest BCUT2D eigenvalue weighted by Crippen LogP contribution is -2.24. The largest absolute Gasteiger partial charge is 0.384 e. The van der Waals surface area contributed by atoms with Crippen LogP contribution in [0.3, 0.4) is 0 Å². The first-order valence-corrected chi connectivity index (χ1v) is 6.27. The fraction of sp³-hybridized carbons (Fsp3) is 0.692. The molecule has 0 spiro atoms. The molecule has 2 heterocycles. The third-order valence-electron chi connectivity index (χ3n) is 3.11. The zero-order chi connectivity index (χ0) is 12.5. The van der Waals surface area contributed by atoms with Crippen molar-refractivity contribution >= 4 is 5.82 Å². The third kappa shape index (κ3) is 2.75. The smallest absolute Gasteiger partial charge is 0.162 e. The van der Waals surface area contributed by atoms with Crippen molar-refractivity contribution in [2.24, 2.45) is 5.92 Å². The Morgan fingerprint density at radius 2 is 2.24 bits per heavy atom. The van der Waals surface area contributed by atoms with Crippen LogP contribution in [-0.2, 0) is 16.8 Å². The van der Waals surface area contributed by atoms with Crippen LogP contribution < -0.4 is 5.73 Å². The summed E-state index contributed by atoms with van der Waals surface area (Å²) < 4.78 is 5.76. The van der Waals surface area contributed by atoms with E-state index < -0.39 is 0 Å². The van der Waals surface area contributed by atoms with E-state index in [0.29, 0.717) is 11.7 Å². The Labute approximate surface area is 103 Å². The minimum Gasteiger partial charge on any atom is -0.384 e. The van der Waals surface area contributed by atoms with Gasteiger partial charge in [-0.1, -0.05) is 13.8 Å². The first-order chi connectivity index (χ1) is 7.99. The molecule has 1 aliphatic heterocycles. The molecule has 0 radical (unpaired) electrons. The van der Waals surface area contributed by atoms with Crippen LogP contribution in [0.5, 0.6) is 0 Å². The van der Waals surface area contributed by atoms with Gasteiger partial charge in [0.2, 0.25) is 0 Å². The Hall–Kier alpha value is -1.16. The summed E-state index contributed by atoms with van der Waals surface area (Å²) in [6.45, 7) is 7.18. The van der Waals surface area contributed by atoms with Gasteiger partial charge in [0, 0.05) is 18.4 Å². The van der Waals surface area contributed by atoms with Crippen LogP contribution in [-0.4, -0.2) is 16.6 Å². The van der Waals surface area contributed by atoms with Gasteiger partial charge in [-0.05, 0) is 32.1 Å². The summed E-state index contributed by atoms with van der Waals surface area (Å²) in [5.41, 5.74) is 6.52. The second-order valence-electron chi connectivity index (χ2n) is 5.39. The van der Waals surface area contributed by atoms with E-state index in [4.69, 9.17) is 10.5 Å². The van der Waals surface area contributed by atoms with Gasteiger partial charge >= 0.3 is 0 Å². The Balaban J connectivity index is 2.31. The second kappa shape index (κ2) is 4.61. The zero-order valence-electron chi connectivity index (χ0n) is 10.9. The number of nitrogens with two attached hydrogens (primary N) is 1. The molecule has 0 amide bonds. The fourth-order valence-electron chi connectivity index (χ4n) is 2.23. The third-order valence-corrected chi connectivity index (χ3v) is 3.11. The number of nitrogens with zero attached hydrogens (tertiary/aromatic N) is 2. The standard InChI is InChI=1S/C13H21N3O/c1-9(2)7-10-8-11(14)16-12(15-10)13(3)5-4-6-17-13/h8-9H,4-7H2,1-3H3,(H2,14,15,16). The maximum atomic E-state index is 5.85. The molecule has 1 aromatic rings. The lowest BCUT2D eigenvalue weighted by Gasteiger charge is -2.22. The van der Waals surface area contributed by atoms with Crippen LogP contribution in [0.25, 0.3) is 0 Å². The van der Waals surface area contributed by atoms with Crippen LogP contribution in [0.4, 0.5) is 5.82 Å². The van der Waals surface area contributed by atoms with E-state index in [1.807, 2.05) is 13.0 Å². The summed E-state index contributed by atoms with van der Waals surface area (Å²) >= 11 is 0. The predicted octanol–water partition coefficient (Wildman–Crippen LogP) is 2.28. The molecule has 94 valence electrons. The van der Waals surface area contributed by atoms with Gasteiger partial charge in [0.25, 0.3) is 0 Å². The monoisotopic (exact) mass is 235 g/mol. The van der Waals surface area contributed by atoms with E-state index in [0.717, 1.165) is 37.4 Å². The zero-order valence-corrected chi connectivity index (χ0v) is 10.9. The van der Waals surface area contributed by atoms with E-state index in [9.17, 15) is 0 Å². The van der Waals surface area contributed by atoms with Gasteiger partial charge in [-0.15, -0.1) is 0 Å². The van der Waals surface area contributed by atoms with Crippen molar-refractivity contribution in [2.45, 2.75) is 45.6 Å². The average molecular weight is 235 g/mol. The Morgan fingerprint density at radius 3 is 2.82 bits per heavy atom. The molecule has 4 heteroatoms. The number of hydrogen-bond donors (Lipinski definition) is 1. The second-order valence-corrected chi connectivity index (χ2v) is 5.39. The minimum atomic E-state index is -0.346. The highest BCUT2D eigenvalue weighted by atomic mass is 16.5. The number of anilines is 1. The van der Waals surface area contributed by atoms with Crippen molar-refractivity contribution in [3.05, 3.63) is 17.6 Å². The molecule has 1 aromatic heterocycles. The van der Waals surface area contributed by atoms with Gasteiger partial charge in [-0.3, -0.25) is 0 Å². The molecule has 0 bridgehead atoms. The molecule has 2 N–H and O–H groups in total. The summed E-state index contributed by atoms with van der Waals surface area (Å²) in [6, 6.07) is 1.86. The van der Waals surface area contributed by atoms with E-state index in [-0.39, 0.29) is 5.60 Å². The van der Waals surface area contributed by atoms with Gasteiger partial charge in [0.05, 0.1) is 0 Å². The van der Waals surface area contributed by atoms with Gasteiger partial charge in [-0.2, -0.15) is 0 Å². The Kier molecular flexibility index (Phi) is 3.33. The maximum Gasteiger partial charge on any atom is 0.162 e. The number of aromatic nitrogens is 2. The minimum absolute atomic E-state index is 0.346. The molecule has 1 saturated heterocycles. The first kappa shape index (κ1) is 12.3. The number of rotatable bonds is 3. The number of hydrogen-bond acceptors (Lipinski definition) is 4. The van der Waals surface area contributed by atoms with Crippen LogP contribution >= 0.6 is 0 Å². The normalized spacial score (nSPS) is 24.5. The molecule has 0 aromatic carbocycles. The molecular weight excluding hydrogens is 214 g/mol. The van der Waals surface area contributed by atoms with Crippen molar-refractivity contribution < 1.29 is 4.74 Å². The molecule has 1 atom stereocenters. The van der Waals surface area contributed by atoms with Crippen LogP contribution in [0.15, 0.2) is 6.07 Å². The maximum absolute atomic E-state index is 5.85. The summed E-state index contributed by atoms with van der Waals surface area (Å²) in [7, 11) is 0. The Morgan fingerprint density at radius 1 is 1.47 bits per heavy atom. The van der Waals surface area contributed by atoms with Crippen LogP contribution in [0.1, 0.15) is 45.1 Å². The molecule has 0 saturated carbocycles. The summed E-state index contributed by atoms with van der Waals surface area (Å²) in [6.07, 6.45) is 2.96. The first-order valence-electron chi connectivity index (χ1n) is 6.27. The summed E-state index contributed by atoms with van der Waals surface area (Å²) in [5.74, 6) is 1.85. The molecule has 0 aliphatic carbocycles. The van der Waals surface area contributed by atoms with Crippen molar-refractivity contribution in [1.82, 2.24) is 9.97 Å². The number of ether oxygens (including phenoxy) is 1. The van der Waals surface area contributed by atoms with Gasteiger partial charge in [0.15, 0.2) is 5.82 Å². The SMILES string of the molecule is CC(C)Cc1cc(N)nc(C2(C)CCCO2)n1. The van der Waals surface area contributed by atoms with E-state index in [1.54, 1.807) is 0 Å². The lowest BCUT2D eigenvalue weighted by molar-refractivity contribution is 0.00925. The summed E-state index contributed by atoms with van der Waals surface area (Å²) in [5, 5.41) is 0. The molecule has 1 unspecified atom stereocenters. The van der Waals surface area contributed by atoms with E-state index in [1.165, 1.54) is 0 Å². The van der Waals surface area contributed by atoms with Gasteiger partial charge < -0.3 is 10.5 Å². The molecule has 17 heavy (non-hydrogen) atoms. The summed E-state index contributed by atoms with van der Waals surface area (Å²) in [4.78, 5) is 8.95. The highest BCUT2D eigenvalue weighted by Crippen LogP contribution is 2.33. The van der Waals surface area contributed by atoms with Gasteiger partial charge in [0.1, 0.15) is 11.4 Å². The van der Waals surface area contributed by atoms with E-state index >= 15 is 0 Å². The van der Waals surface area contributed by atoms with E-state index in [2.05, 4.69) is 23.8 Å². The fourth-order valence-corrected chi connectivity index (χ4v) is 2.23. The highest BCUT2D eigenvalue weighted by molar-refractivity contribution is 5.31. The topological polar surface area (TPSA) is 61.0 Å². The van der Waals surface area contributed by atoms with Crippen LogP contribution in [0, 0.1) is 5.92 Å².